The summed E-state index contributed by atoms with van der Waals surface area (Å²) in [6.45, 7) is 5.64. The van der Waals surface area contributed by atoms with Crippen LogP contribution in [0.15, 0.2) is 42.5 Å². The molecular formula is C22H29NO4. The third kappa shape index (κ3) is 6.20. The van der Waals surface area contributed by atoms with E-state index in [1.54, 1.807) is 12.0 Å². The van der Waals surface area contributed by atoms with E-state index in [0.717, 1.165) is 28.4 Å². The summed E-state index contributed by atoms with van der Waals surface area (Å²) in [6, 6.07) is 13.6. The van der Waals surface area contributed by atoms with E-state index in [1.165, 1.54) is 0 Å². The summed E-state index contributed by atoms with van der Waals surface area (Å²) in [5.74, 6) is 2.40. The van der Waals surface area contributed by atoms with E-state index in [1.807, 2.05) is 63.4 Å². The predicted octanol–water partition coefficient (Wildman–Crippen LogP) is 4.08. The van der Waals surface area contributed by atoms with Crippen LogP contribution < -0.4 is 14.2 Å². The monoisotopic (exact) mass is 371 g/mol. The van der Waals surface area contributed by atoms with Gasteiger partial charge in [-0.15, -0.1) is 0 Å². The zero-order valence-electron chi connectivity index (χ0n) is 16.7. The van der Waals surface area contributed by atoms with Crippen LogP contribution >= 0.6 is 0 Å². The van der Waals surface area contributed by atoms with Gasteiger partial charge in [0, 0.05) is 20.0 Å². The van der Waals surface area contributed by atoms with Gasteiger partial charge in [-0.25, -0.2) is 0 Å². The average molecular weight is 371 g/mol. The summed E-state index contributed by atoms with van der Waals surface area (Å²) >= 11 is 0. The molecule has 0 aliphatic heterocycles. The Morgan fingerprint density at radius 3 is 2.19 bits per heavy atom. The third-order valence-electron chi connectivity index (χ3n) is 4.24. The molecule has 0 aliphatic rings. The van der Waals surface area contributed by atoms with Crippen molar-refractivity contribution in [2.24, 2.45) is 0 Å². The van der Waals surface area contributed by atoms with Crippen molar-refractivity contribution in [2.45, 2.75) is 33.2 Å². The number of methoxy groups -OCH3 is 1. The summed E-state index contributed by atoms with van der Waals surface area (Å²) in [5, 5.41) is 0. The zero-order valence-corrected chi connectivity index (χ0v) is 16.7. The van der Waals surface area contributed by atoms with Gasteiger partial charge in [0.25, 0.3) is 0 Å². The van der Waals surface area contributed by atoms with Crippen molar-refractivity contribution in [2.75, 3.05) is 27.4 Å². The first kappa shape index (κ1) is 20.6. The van der Waals surface area contributed by atoms with E-state index in [2.05, 4.69) is 0 Å². The molecule has 0 N–H and O–H groups in total. The van der Waals surface area contributed by atoms with Crippen molar-refractivity contribution >= 4 is 5.91 Å². The highest BCUT2D eigenvalue weighted by Crippen LogP contribution is 2.29. The molecule has 0 heterocycles. The van der Waals surface area contributed by atoms with E-state index in [9.17, 15) is 4.79 Å². The van der Waals surface area contributed by atoms with E-state index in [0.29, 0.717) is 32.6 Å². The minimum absolute atomic E-state index is 0.109. The van der Waals surface area contributed by atoms with Gasteiger partial charge in [-0.05, 0) is 55.7 Å². The van der Waals surface area contributed by atoms with Crippen LogP contribution in [0, 0.1) is 0 Å². The lowest BCUT2D eigenvalue weighted by Crippen LogP contribution is -2.26. The maximum Gasteiger partial charge on any atom is 0.222 e. The van der Waals surface area contributed by atoms with Crippen molar-refractivity contribution in [3.05, 3.63) is 53.6 Å². The van der Waals surface area contributed by atoms with E-state index >= 15 is 0 Å². The second-order valence-electron chi connectivity index (χ2n) is 6.24. The molecular weight excluding hydrogens is 342 g/mol. The topological polar surface area (TPSA) is 48.0 Å². The molecule has 2 aromatic carbocycles. The first-order valence-electron chi connectivity index (χ1n) is 9.32. The quantitative estimate of drug-likeness (QED) is 0.631. The fourth-order valence-corrected chi connectivity index (χ4v) is 2.79. The van der Waals surface area contributed by atoms with Crippen LogP contribution in [0.25, 0.3) is 0 Å². The first-order chi connectivity index (χ1) is 13.1. The number of hydrogen-bond acceptors (Lipinski definition) is 4. The molecule has 2 rings (SSSR count). The highest BCUT2D eigenvalue weighted by molar-refractivity contribution is 5.76. The molecule has 0 unspecified atom stereocenters. The normalized spacial score (nSPS) is 10.4. The molecule has 0 fully saturated rings. The van der Waals surface area contributed by atoms with Crippen molar-refractivity contribution in [1.82, 2.24) is 4.90 Å². The Balaban J connectivity index is 1.92. The predicted molar refractivity (Wildman–Crippen MR) is 107 cm³/mol. The molecule has 0 atom stereocenters. The van der Waals surface area contributed by atoms with Crippen molar-refractivity contribution in [3.8, 4) is 17.2 Å². The molecule has 0 saturated carbocycles. The Morgan fingerprint density at radius 2 is 1.56 bits per heavy atom. The van der Waals surface area contributed by atoms with Gasteiger partial charge in [0.2, 0.25) is 5.91 Å². The Labute approximate surface area is 161 Å². The number of rotatable bonds is 10. The maximum absolute atomic E-state index is 12.5. The van der Waals surface area contributed by atoms with Crippen LogP contribution in [0.2, 0.25) is 0 Å². The second kappa shape index (κ2) is 10.5. The number of aryl methyl sites for hydroxylation is 1. The van der Waals surface area contributed by atoms with Crippen LogP contribution in [0.4, 0.5) is 0 Å². The van der Waals surface area contributed by atoms with E-state index < -0.39 is 0 Å². The van der Waals surface area contributed by atoms with Gasteiger partial charge in [0.1, 0.15) is 5.75 Å². The highest BCUT2D eigenvalue weighted by Gasteiger charge is 2.11. The van der Waals surface area contributed by atoms with Gasteiger partial charge >= 0.3 is 0 Å². The number of ether oxygens (including phenoxy) is 3. The lowest BCUT2D eigenvalue weighted by molar-refractivity contribution is -0.130. The zero-order chi connectivity index (χ0) is 19.6. The molecule has 146 valence electrons. The summed E-state index contributed by atoms with van der Waals surface area (Å²) in [6.07, 6.45) is 1.12. The van der Waals surface area contributed by atoms with Crippen molar-refractivity contribution < 1.29 is 19.0 Å². The van der Waals surface area contributed by atoms with Crippen LogP contribution in [-0.4, -0.2) is 38.2 Å². The van der Waals surface area contributed by atoms with Gasteiger partial charge in [-0.3, -0.25) is 4.79 Å². The van der Waals surface area contributed by atoms with Gasteiger partial charge in [-0.2, -0.15) is 0 Å². The van der Waals surface area contributed by atoms with Gasteiger partial charge in [-0.1, -0.05) is 18.2 Å². The minimum Gasteiger partial charge on any atom is -0.497 e. The van der Waals surface area contributed by atoms with Crippen LogP contribution in [0.5, 0.6) is 17.2 Å². The van der Waals surface area contributed by atoms with Crippen molar-refractivity contribution in [3.63, 3.8) is 0 Å². The number of benzene rings is 2. The van der Waals surface area contributed by atoms with Gasteiger partial charge in [0.15, 0.2) is 11.5 Å². The molecule has 1 amide bonds. The van der Waals surface area contributed by atoms with Crippen LogP contribution in [0.3, 0.4) is 0 Å². The Morgan fingerprint density at radius 1 is 0.926 bits per heavy atom. The lowest BCUT2D eigenvalue weighted by atomic mass is 10.1. The summed E-state index contributed by atoms with van der Waals surface area (Å²) in [5.41, 5.74) is 2.14. The number of carbonyl (C=O) groups excluding carboxylic acids is 1. The minimum atomic E-state index is 0.109. The van der Waals surface area contributed by atoms with Crippen LogP contribution in [0.1, 0.15) is 31.4 Å². The average Bonchev–Trinajstić information content (AvgIpc) is 2.68. The smallest absolute Gasteiger partial charge is 0.222 e. The molecule has 0 aromatic heterocycles. The molecule has 0 spiro atoms. The van der Waals surface area contributed by atoms with Crippen LogP contribution in [-0.2, 0) is 17.8 Å². The molecule has 0 bridgehead atoms. The maximum atomic E-state index is 12.5. The summed E-state index contributed by atoms with van der Waals surface area (Å²) < 4.78 is 16.4. The Hall–Kier alpha value is -2.69. The molecule has 5 heteroatoms. The second-order valence-corrected chi connectivity index (χ2v) is 6.24. The molecule has 2 aromatic rings. The molecule has 0 aliphatic carbocycles. The molecule has 27 heavy (non-hydrogen) atoms. The SMILES string of the molecule is CCOc1ccc(CCC(=O)N(C)Cc2ccc(OC)cc2)cc1OCC. The number of carbonyl (C=O) groups is 1. The fraction of sp³-hybridized carbons (Fsp3) is 0.409. The fourth-order valence-electron chi connectivity index (χ4n) is 2.79. The van der Waals surface area contributed by atoms with Gasteiger partial charge in [0.05, 0.1) is 20.3 Å². The first-order valence-corrected chi connectivity index (χ1v) is 9.32. The highest BCUT2D eigenvalue weighted by atomic mass is 16.5. The summed E-state index contributed by atoms with van der Waals surface area (Å²) in [4.78, 5) is 14.2. The molecule has 0 radical (unpaired) electrons. The third-order valence-corrected chi connectivity index (χ3v) is 4.24. The lowest BCUT2D eigenvalue weighted by Gasteiger charge is -2.18. The molecule has 0 saturated heterocycles. The van der Waals surface area contributed by atoms with Crippen molar-refractivity contribution in [1.29, 1.82) is 0 Å². The largest absolute Gasteiger partial charge is 0.497 e. The number of amides is 1. The number of nitrogens with zero attached hydrogens (tertiary/aromatic N) is 1. The van der Waals surface area contributed by atoms with E-state index in [-0.39, 0.29) is 5.91 Å². The van der Waals surface area contributed by atoms with Gasteiger partial charge < -0.3 is 19.1 Å². The molecule has 5 nitrogen and oxygen atoms in total. The Kier molecular flexibility index (Phi) is 7.99. The van der Waals surface area contributed by atoms with E-state index in [4.69, 9.17) is 14.2 Å². The summed E-state index contributed by atoms with van der Waals surface area (Å²) in [7, 11) is 3.47. The number of hydrogen-bond donors (Lipinski definition) is 0. The Bertz CT molecular complexity index is 728. The standard InChI is InChI=1S/C22H29NO4/c1-5-26-20-13-9-17(15-21(20)27-6-2)10-14-22(24)23(3)16-18-7-11-19(25-4)12-8-18/h7-9,11-13,15H,5-6,10,14,16H2,1-4H3.